The molecule has 0 radical (unpaired) electrons. The SMILES string of the molecule is C[C@@H](O)[C@H](NC(=O)[C@@H](N)CCCN=C(N)N)C(=O)N[C@@H](CC(=O)O)C(=O)N[C@@H](CC(=O)O)C(=O)N[C@@H](CCCCN)C(=O)N[C@@H](CC(N)=O)C(=O)N[C@@H](CCC(=O)O)C(=O)N[C@@H](CO)C(=O)N[C@@H](Cc1ccc(O)cc1)C(=O)O. The van der Waals surface area contributed by atoms with Crippen LogP contribution in [-0.2, 0) is 68.7 Å². The fraction of sp³-hybridized carbons (Fsp3) is 0.556. The van der Waals surface area contributed by atoms with Crippen LogP contribution in [0, 0.1) is 0 Å². The number of aliphatic hydroxyl groups excluding tert-OH is 2. The number of unbranched alkanes of at least 4 members (excludes halogenated alkanes) is 1. The van der Waals surface area contributed by atoms with Crippen LogP contribution in [0.5, 0.6) is 5.75 Å². The number of nitrogens with two attached hydrogens (primary N) is 5. The van der Waals surface area contributed by atoms with Gasteiger partial charge in [0.15, 0.2) is 5.96 Å². The molecule has 0 aliphatic carbocycles. The van der Waals surface area contributed by atoms with Crippen LogP contribution in [0.3, 0.4) is 0 Å². The van der Waals surface area contributed by atoms with Crippen LogP contribution in [0.25, 0.3) is 0 Å². The van der Waals surface area contributed by atoms with Crippen LogP contribution in [-0.4, -0.2) is 199 Å². The monoisotopic (exact) mass is 1130 g/mol. The third-order valence-electron chi connectivity index (χ3n) is 11.1. The zero-order chi connectivity index (χ0) is 60.1. The molecule has 1 aromatic carbocycles. The van der Waals surface area contributed by atoms with Crippen LogP contribution in [0.15, 0.2) is 29.3 Å². The topological polar surface area (TPSA) is 602 Å². The number of hydrogen-bond donors (Lipinski definition) is 20. The number of benzene rings is 1. The lowest BCUT2D eigenvalue weighted by molar-refractivity contribution is -0.144. The number of carboxylic acids is 4. The molecule has 1 aromatic rings. The summed E-state index contributed by atoms with van der Waals surface area (Å²) in [7, 11) is 0. The van der Waals surface area contributed by atoms with E-state index in [9.17, 15) is 98.1 Å². The van der Waals surface area contributed by atoms with Gasteiger partial charge in [0.1, 0.15) is 54.1 Å². The molecular formula is C45H70N14O20. The van der Waals surface area contributed by atoms with Gasteiger partial charge in [-0.3, -0.25) is 62.5 Å². The van der Waals surface area contributed by atoms with Gasteiger partial charge in [-0.25, -0.2) is 4.79 Å². The molecule has 9 amide bonds. The van der Waals surface area contributed by atoms with Gasteiger partial charge in [0, 0.05) is 19.4 Å². The summed E-state index contributed by atoms with van der Waals surface area (Å²) >= 11 is 0. The Labute approximate surface area is 449 Å². The highest BCUT2D eigenvalue weighted by molar-refractivity contribution is 6.00. The molecule has 10 atom stereocenters. The molecule has 0 aromatic heterocycles. The highest BCUT2D eigenvalue weighted by atomic mass is 16.4. The molecule has 25 N–H and O–H groups in total. The Bertz CT molecular complexity index is 2350. The van der Waals surface area contributed by atoms with E-state index in [1.54, 1.807) is 0 Å². The van der Waals surface area contributed by atoms with E-state index >= 15 is 0 Å². The third kappa shape index (κ3) is 26.7. The first-order chi connectivity index (χ1) is 37.0. The van der Waals surface area contributed by atoms with Crippen molar-refractivity contribution in [2.24, 2.45) is 33.7 Å². The molecule has 34 nitrogen and oxygen atoms in total. The van der Waals surface area contributed by atoms with Gasteiger partial charge >= 0.3 is 23.9 Å². The quantitative estimate of drug-likeness (QED) is 0.0166. The number of rotatable bonds is 38. The van der Waals surface area contributed by atoms with Crippen molar-refractivity contribution in [1.82, 2.24) is 42.5 Å². The number of carbonyl (C=O) groups excluding carboxylic acids is 9. The number of phenolic OH excluding ortho intramolecular Hbond substituents is 1. The van der Waals surface area contributed by atoms with Crippen molar-refractivity contribution in [3.05, 3.63) is 29.8 Å². The number of hydrogen-bond acceptors (Lipinski definition) is 19. The Balaban J connectivity index is 3.43. The average Bonchev–Trinajstić information content (AvgIpc) is 3.36. The molecule has 0 heterocycles. The first kappa shape index (κ1) is 68.3. The molecule has 0 bridgehead atoms. The largest absolute Gasteiger partial charge is 0.508 e. The number of carboxylic acid groups (broad SMARTS) is 4. The molecule has 0 fully saturated rings. The summed E-state index contributed by atoms with van der Waals surface area (Å²) < 4.78 is 0. The van der Waals surface area contributed by atoms with Gasteiger partial charge in [-0.2, -0.15) is 0 Å². The maximum atomic E-state index is 13.9. The number of aromatic hydroxyl groups is 1. The van der Waals surface area contributed by atoms with E-state index in [0.717, 1.165) is 6.92 Å². The number of guanidine groups is 1. The van der Waals surface area contributed by atoms with Crippen molar-refractivity contribution in [3.63, 3.8) is 0 Å². The number of aliphatic carboxylic acids is 4. The standard InChI is InChI=1S/C45H70N14O20/c1-20(61)35(59-36(70)23(47)5-4-14-51-45(49)50)43(77)56-28(18-34(68)69)41(75)55-27(17-33(66)67)40(74)52-24(6-2-3-13-46)37(71)54-26(16-31(48)63)39(73)53-25(11-12-32(64)65)38(72)58-30(19-60)42(76)57-29(44(78)79)15-21-7-9-22(62)10-8-21/h7-10,20,23-30,35,60-62H,2-6,11-19,46-47H2,1H3,(H2,48,63)(H,52,74)(H,53,73)(H,54,71)(H,55,75)(H,56,77)(H,57,76)(H,58,72)(H,59,70)(H,64,65)(H,66,67)(H,68,69)(H,78,79)(H4,49,50,51)/t20-,23+,24+,25+,26+,27+,28+,29+,30+,35+/m1/s1. The number of aliphatic imine (C=N–C) groups is 1. The molecule has 440 valence electrons. The lowest BCUT2D eigenvalue weighted by Crippen LogP contribution is -2.61. The van der Waals surface area contributed by atoms with Crippen molar-refractivity contribution in [2.75, 3.05) is 19.7 Å². The molecule has 0 aliphatic heterocycles. The van der Waals surface area contributed by atoms with E-state index in [1.807, 2.05) is 10.6 Å². The molecule has 0 aliphatic rings. The lowest BCUT2D eigenvalue weighted by atomic mass is 10.0. The van der Waals surface area contributed by atoms with Gasteiger partial charge in [0.25, 0.3) is 0 Å². The second-order valence-electron chi connectivity index (χ2n) is 17.7. The Hall–Kier alpha value is -8.76. The second kappa shape index (κ2) is 34.8. The minimum absolute atomic E-state index is 0.00630. The number of primary amides is 1. The van der Waals surface area contributed by atoms with E-state index in [2.05, 4.69) is 36.9 Å². The van der Waals surface area contributed by atoms with E-state index < -0.39 is 176 Å². The predicted molar refractivity (Wildman–Crippen MR) is 270 cm³/mol. The molecule has 0 unspecified atom stereocenters. The summed E-state index contributed by atoms with van der Waals surface area (Å²) in [6.07, 6.45) is -6.99. The van der Waals surface area contributed by atoms with Crippen molar-refractivity contribution in [3.8, 4) is 5.75 Å². The second-order valence-corrected chi connectivity index (χ2v) is 17.7. The Morgan fingerprint density at radius 1 is 0.532 bits per heavy atom. The first-order valence-electron chi connectivity index (χ1n) is 24.2. The van der Waals surface area contributed by atoms with E-state index in [-0.39, 0.29) is 63.3 Å². The summed E-state index contributed by atoms with van der Waals surface area (Å²) in [6, 6.07) is -11.5. The van der Waals surface area contributed by atoms with Gasteiger partial charge in [-0.1, -0.05) is 12.1 Å². The van der Waals surface area contributed by atoms with E-state index in [4.69, 9.17) is 28.7 Å². The maximum Gasteiger partial charge on any atom is 0.326 e. The van der Waals surface area contributed by atoms with Crippen molar-refractivity contribution < 1.29 is 98.1 Å². The first-order valence-corrected chi connectivity index (χ1v) is 24.2. The fourth-order valence-electron chi connectivity index (χ4n) is 6.95. The summed E-state index contributed by atoms with van der Waals surface area (Å²) in [5.74, 6) is -18.6. The Morgan fingerprint density at radius 2 is 0.975 bits per heavy atom. The van der Waals surface area contributed by atoms with Crippen LogP contribution >= 0.6 is 0 Å². The zero-order valence-corrected chi connectivity index (χ0v) is 42.8. The van der Waals surface area contributed by atoms with Gasteiger partial charge in [-0.15, -0.1) is 0 Å². The van der Waals surface area contributed by atoms with Crippen molar-refractivity contribution in [2.45, 2.75) is 138 Å². The normalized spacial score (nSPS) is 14.6. The fourth-order valence-corrected chi connectivity index (χ4v) is 6.95. The number of carbonyl (C=O) groups is 13. The van der Waals surface area contributed by atoms with Crippen LogP contribution < -0.4 is 71.2 Å². The number of amides is 9. The summed E-state index contributed by atoms with van der Waals surface area (Å²) in [4.78, 5) is 171. The predicted octanol–water partition coefficient (Wildman–Crippen LogP) is -8.53. The van der Waals surface area contributed by atoms with Gasteiger partial charge in [0.2, 0.25) is 53.2 Å². The lowest BCUT2D eigenvalue weighted by Gasteiger charge is -2.27. The number of phenols is 1. The summed E-state index contributed by atoms with van der Waals surface area (Å²) in [6.45, 7) is 0.0179. The van der Waals surface area contributed by atoms with Gasteiger partial charge in [-0.05, 0) is 69.7 Å². The molecular weight excluding hydrogens is 1060 g/mol. The highest BCUT2D eigenvalue weighted by Crippen LogP contribution is 2.13. The highest BCUT2D eigenvalue weighted by Gasteiger charge is 2.37. The van der Waals surface area contributed by atoms with Crippen LogP contribution in [0.4, 0.5) is 0 Å². The van der Waals surface area contributed by atoms with Crippen molar-refractivity contribution >= 4 is 83.0 Å². The third-order valence-corrected chi connectivity index (χ3v) is 11.1. The maximum absolute atomic E-state index is 13.9. The molecule has 0 saturated heterocycles. The molecule has 79 heavy (non-hydrogen) atoms. The Morgan fingerprint density at radius 3 is 1.42 bits per heavy atom. The molecule has 1 rings (SSSR count). The van der Waals surface area contributed by atoms with Crippen LogP contribution in [0.1, 0.15) is 76.7 Å². The van der Waals surface area contributed by atoms with E-state index in [1.165, 1.54) is 24.3 Å². The molecule has 34 heteroatoms. The zero-order valence-electron chi connectivity index (χ0n) is 42.8. The Kier molecular flexibility index (Phi) is 30.1. The summed E-state index contributed by atoms with van der Waals surface area (Å²) in [5.41, 5.74) is 27.7. The van der Waals surface area contributed by atoms with E-state index in [0.29, 0.717) is 5.56 Å². The number of nitrogens with one attached hydrogen (secondary N) is 8. The molecule has 0 saturated carbocycles. The summed E-state index contributed by atoms with van der Waals surface area (Å²) in [5, 5.41) is 85.1. The van der Waals surface area contributed by atoms with Gasteiger partial charge in [0.05, 0.1) is 38.0 Å². The molecule has 0 spiro atoms. The minimum Gasteiger partial charge on any atom is -0.508 e. The number of nitrogens with zero attached hydrogens (tertiary/aromatic N) is 1. The smallest absolute Gasteiger partial charge is 0.326 e. The average molecular weight is 1130 g/mol. The van der Waals surface area contributed by atoms with Crippen molar-refractivity contribution in [1.29, 1.82) is 0 Å². The van der Waals surface area contributed by atoms with Crippen LogP contribution in [0.2, 0.25) is 0 Å². The van der Waals surface area contributed by atoms with Gasteiger partial charge < -0.3 is 107 Å². The minimum atomic E-state index is -2.16. The number of aliphatic hydroxyl groups is 2.